The lowest BCUT2D eigenvalue weighted by atomic mass is 10.2. The molecule has 0 saturated carbocycles. The zero-order chi connectivity index (χ0) is 13.8. The molecule has 0 unspecified atom stereocenters. The van der Waals surface area contributed by atoms with Gasteiger partial charge in [-0.3, -0.25) is 4.40 Å². The molecule has 0 aliphatic heterocycles. The molecule has 20 heavy (non-hydrogen) atoms. The molecule has 0 spiro atoms. The third-order valence-electron chi connectivity index (χ3n) is 3.28. The molecular weight excluding hydrogens is 250 g/mol. The normalized spacial score (nSPS) is 10.8. The van der Waals surface area contributed by atoms with E-state index >= 15 is 0 Å². The molecule has 2 heterocycles. The average molecular weight is 267 g/mol. The first-order valence-corrected chi connectivity index (χ1v) is 6.70. The minimum absolute atomic E-state index is 0.467. The smallest absolute Gasteiger partial charge is 0.179 e. The van der Waals surface area contributed by atoms with Crippen LogP contribution in [-0.4, -0.2) is 16.0 Å². The van der Waals surface area contributed by atoms with E-state index in [1.165, 1.54) is 5.56 Å². The van der Waals surface area contributed by atoms with Crippen molar-refractivity contribution in [2.75, 3.05) is 6.61 Å². The highest BCUT2D eigenvalue weighted by molar-refractivity contribution is 5.54. The van der Waals surface area contributed by atoms with Crippen LogP contribution in [0.3, 0.4) is 0 Å². The van der Waals surface area contributed by atoms with Gasteiger partial charge in [-0.15, -0.1) is 0 Å². The van der Waals surface area contributed by atoms with Crippen LogP contribution in [0.2, 0.25) is 0 Å². The third-order valence-corrected chi connectivity index (χ3v) is 3.28. The number of hydrogen-bond acceptors (Lipinski definition) is 3. The first-order valence-electron chi connectivity index (χ1n) is 6.70. The van der Waals surface area contributed by atoms with Crippen LogP contribution >= 0.6 is 0 Å². The topological polar surface area (TPSA) is 52.5 Å². The number of imidazole rings is 1. The van der Waals surface area contributed by atoms with Crippen LogP contribution in [0.1, 0.15) is 11.3 Å². The van der Waals surface area contributed by atoms with Gasteiger partial charge in [0.15, 0.2) is 11.4 Å². The Bertz CT molecular complexity index is 691. The largest absolute Gasteiger partial charge is 0.489 e. The second-order valence-electron chi connectivity index (χ2n) is 4.60. The lowest BCUT2D eigenvalue weighted by Crippen LogP contribution is -2.04. The highest BCUT2D eigenvalue weighted by Crippen LogP contribution is 2.19. The van der Waals surface area contributed by atoms with Gasteiger partial charge in [0.1, 0.15) is 0 Å². The fourth-order valence-electron chi connectivity index (χ4n) is 2.22. The van der Waals surface area contributed by atoms with Crippen LogP contribution in [0.25, 0.3) is 5.65 Å². The van der Waals surface area contributed by atoms with Crippen molar-refractivity contribution in [3.05, 3.63) is 66.1 Å². The molecule has 1 aromatic carbocycles. The van der Waals surface area contributed by atoms with Crippen LogP contribution in [-0.2, 0) is 13.0 Å². The standard InChI is InChI=1S/C16H17N3O/c17-11-14-12-18-16-15(7-4-9-19(14)16)20-10-8-13-5-2-1-3-6-13/h1-7,9,12H,8,10-11,17H2. The maximum absolute atomic E-state index is 5.86. The Morgan fingerprint density at radius 2 is 1.95 bits per heavy atom. The number of hydrogen-bond donors (Lipinski definition) is 1. The third kappa shape index (κ3) is 2.51. The summed E-state index contributed by atoms with van der Waals surface area (Å²) in [7, 11) is 0. The Labute approximate surface area is 117 Å². The molecular formula is C16H17N3O. The van der Waals surface area contributed by atoms with E-state index < -0.39 is 0 Å². The van der Waals surface area contributed by atoms with Gasteiger partial charge in [-0.2, -0.15) is 0 Å². The molecule has 4 nitrogen and oxygen atoms in total. The number of aromatic nitrogens is 2. The number of nitrogens with two attached hydrogens (primary N) is 1. The molecule has 0 bridgehead atoms. The first kappa shape index (κ1) is 12.7. The Morgan fingerprint density at radius 1 is 1.10 bits per heavy atom. The molecule has 3 aromatic rings. The Hall–Kier alpha value is -2.33. The molecule has 2 N–H and O–H groups in total. The Kier molecular flexibility index (Phi) is 3.65. The molecule has 102 valence electrons. The molecule has 3 rings (SSSR count). The van der Waals surface area contributed by atoms with Crippen molar-refractivity contribution in [3.8, 4) is 5.75 Å². The molecule has 2 aromatic heterocycles. The number of ether oxygens (including phenoxy) is 1. The average Bonchev–Trinajstić information content (AvgIpc) is 2.92. The fourth-order valence-corrected chi connectivity index (χ4v) is 2.22. The summed E-state index contributed by atoms with van der Waals surface area (Å²) in [6.45, 7) is 1.10. The number of nitrogens with zero attached hydrogens (tertiary/aromatic N) is 2. The maximum Gasteiger partial charge on any atom is 0.179 e. The molecule has 0 fully saturated rings. The zero-order valence-electron chi connectivity index (χ0n) is 11.2. The summed E-state index contributed by atoms with van der Waals surface area (Å²) in [5.74, 6) is 0.795. The van der Waals surface area contributed by atoms with Crippen molar-refractivity contribution in [1.29, 1.82) is 0 Å². The van der Waals surface area contributed by atoms with Gasteiger partial charge in [0.25, 0.3) is 0 Å². The van der Waals surface area contributed by atoms with Gasteiger partial charge in [0, 0.05) is 19.2 Å². The van der Waals surface area contributed by atoms with Gasteiger partial charge in [-0.25, -0.2) is 4.98 Å². The van der Waals surface area contributed by atoms with Crippen molar-refractivity contribution in [2.45, 2.75) is 13.0 Å². The highest BCUT2D eigenvalue weighted by Gasteiger charge is 2.07. The monoisotopic (exact) mass is 267 g/mol. The molecule has 4 heteroatoms. The van der Waals surface area contributed by atoms with Gasteiger partial charge in [0.05, 0.1) is 18.5 Å². The van der Waals surface area contributed by atoms with Crippen molar-refractivity contribution < 1.29 is 4.74 Å². The summed E-state index contributed by atoms with van der Waals surface area (Å²) in [5.41, 5.74) is 8.75. The van der Waals surface area contributed by atoms with E-state index in [2.05, 4.69) is 17.1 Å². The van der Waals surface area contributed by atoms with Gasteiger partial charge in [-0.1, -0.05) is 30.3 Å². The molecule has 0 aliphatic carbocycles. The van der Waals surface area contributed by atoms with Crippen LogP contribution in [0.4, 0.5) is 0 Å². The van der Waals surface area contributed by atoms with E-state index in [0.717, 1.165) is 23.5 Å². The maximum atomic E-state index is 5.86. The van der Waals surface area contributed by atoms with Gasteiger partial charge >= 0.3 is 0 Å². The minimum Gasteiger partial charge on any atom is -0.489 e. The second kappa shape index (κ2) is 5.75. The lowest BCUT2D eigenvalue weighted by Gasteiger charge is -2.08. The summed E-state index contributed by atoms with van der Waals surface area (Å²) in [5, 5.41) is 0. The molecule has 0 saturated heterocycles. The van der Waals surface area contributed by atoms with Crippen molar-refractivity contribution in [3.63, 3.8) is 0 Å². The minimum atomic E-state index is 0.467. The van der Waals surface area contributed by atoms with Gasteiger partial charge < -0.3 is 10.5 Å². The predicted octanol–water partition coefficient (Wildman–Crippen LogP) is 2.41. The van der Waals surface area contributed by atoms with Crippen molar-refractivity contribution >= 4 is 5.65 Å². The molecule has 0 amide bonds. The van der Waals surface area contributed by atoms with Crippen LogP contribution in [0.15, 0.2) is 54.9 Å². The number of pyridine rings is 1. The summed E-state index contributed by atoms with van der Waals surface area (Å²) < 4.78 is 7.83. The predicted molar refractivity (Wildman–Crippen MR) is 78.7 cm³/mol. The van der Waals surface area contributed by atoms with E-state index in [1.807, 2.05) is 40.9 Å². The highest BCUT2D eigenvalue weighted by atomic mass is 16.5. The van der Waals surface area contributed by atoms with E-state index in [9.17, 15) is 0 Å². The van der Waals surface area contributed by atoms with Crippen molar-refractivity contribution in [1.82, 2.24) is 9.38 Å². The summed E-state index contributed by atoms with van der Waals surface area (Å²) in [4.78, 5) is 4.37. The number of rotatable bonds is 5. The fraction of sp³-hybridized carbons (Fsp3) is 0.188. The van der Waals surface area contributed by atoms with Gasteiger partial charge in [0.2, 0.25) is 0 Å². The van der Waals surface area contributed by atoms with Gasteiger partial charge in [-0.05, 0) is 17.7 Å². The molecule has 0 radical (unpaired) electrons. The molecule has 0 atom stereocenters. The lowest BCUT2D eigenvalue weighted by molar-refractivity contribution is 0.324. The van der Waals surface area contributed by atoms with E-state index in [4.69, 9.17) is 10.5 Å². The Balaban J connectivity index is 1.73. The SMILES string of the molecule is NCc1cnc2c(OCCc3ccccc3)cccn12. The van der Waals surface area contributed by atoms with Crippen molar-refractivity contribution in [2.24, 2.45) is 5.73 Å². The zero-order valence-corrected chi connectivity index (χ0v) is 11.2. The molecule has 0 aliphatic rings. The summed E-state index contributed by atoms with van der Waals surface area (Å²) in [6, 6.07) is 14.2. The summed E-state index contributed by atoms with van der Waals surface area (Å²) in [6.07, 6.45) is 4.63. The second-order valence-corrected chi connectivity index (χ2v) is 4.60. The van der Waals surface area contributed by atoms with E-state index in [-0.39, 0.29) is 0 Å². The van der Waals surface area contributed by atoms with E-state index in [1.54, 1.807) is 6.20 Å². The first-order chi connectivity index (χ1) is 9.88. The van der Waals surface area contributed by atoms with Crippen LogP contribution < -0.4 is 10.5 Å². The number of fused-ring (bicyclic) bond motifs is 1. The van der Waals surface area contributed by atoms with Crippen LogP contribution in [0.5, 0.6) is 5.75 Å². The quantitative estimate of drug-likeness (QED) is 0.772. The van der Waals surface area contributed by atoms with Crippen LogP contribution in [0, 0.1) is 0 Å². The summed E-state index contributed by atoms with van der Waals surface area (Å²) >= 11 is 0. The van der Waals surface area contributed by atoms with E-state index in [0.29, 0.717) is 13.2 Å². The number of benzene rings is 1. The Morgan fingerprint density at radius 3 is 2.75 bits per heavy atom.